The standard InChI is InChI=1S/C20H34N2O2.C8H8O.2C2H6.CH5N/c1-5-7-9-20(23)22-14-19(21-4)17-10-12-18(13-11-17)24-15-16(3)8-6-2;9-7-6-8-4-2-1-3-5-8;3*1-2/h10-13,16,19,21H,5-9,14-15H2,1-4H3,(H,22,23);1-5,7H,6H2;2*1-2H3;2H2,1H3/t16?,19-;;;;/m0..../s1. The summed E-state index contributed by atoms with van der Waals surface area (Å²) >= 11 is 0. The van der Waals surface area contributed by atoms with Gasteiger partial charge < -0.3 is 25.9 Å². The van der Waals surface area contributed by atoms with Crippen molar-refractivity contribution >= 4 is 12.2 Å². The molecule has 0 saturated heterocycles. The fourth-order valence-electron chi connectivity index (χ4n) is 3.35. The average Bonchev–Trinajstić information content (AvgIpc) is 3.00. The first-order chi connectivity index (χ1) is 19.0. The van der Waals surface area contributed by atoms with Gasteiger partial charge in [0.25, 0.3) is 0 Å². The van der Waals surface area contributed by atoms with E-state index in [9.17, 15) is 9.59 Å². The summed E-state index contributed by atoms with van der Waals surface area (Å²) in [4.78, 5) is 21.7. The van der Waals surface area contributed by atoms with Gasteiger partial charge in [0.15, 0.2) is 0 Å². The molecule has 2 atom stereocenters. The minimum absolute atomic E-state index is 0.114. The Balaban J connectivity index is -0.000000713. The number of benzene rings is 2. The number of aldehydes is 1. The smallest absolute Gasteiger partial charge is 0.220 e. The lowest BCUT2D eigenvalue weighted by Gasteiger charge is -2.18. The Kier molecular flexibility index (Phi) is 33.0. The van der Waals surface area contributed by atoms with Crippen molar-refractivity contribution in [3.05, 3.63) is 65.7 Å². The van der Waals surface area contributed by atoms with Crippen LogP contribution in [0.2, 0.25) is 0 Å². The predicted octanol–water partition coefficient (Wildman–Crippen LogP) is 7.12. The van der Waals surface area contributed by atoms with Gasteiger partial charge >= 0.3 is 0 Å². The van der Waals surface area contributed by atoms with Gasteiger partial charge in [0, 0.05) is 25.4 Å². The van der Waals surface area contributed by atoms with Gasteiger partial charge in [-0.25, -0.2) is 0 Å². The highest BCUT2D eigenvalue weighted by molar-refractivity contribution is 5.75. The average molecular weight is 546 g/mol. The lowest BCUT2D eigenvalue weighted by Crippen LogP contribution is -2.33. The van der Waals surface area contributed by atoms with Crippen molar-refractivity contribution in [2.75, 3.05) is 27.2 Å². The lowest BCUT2D eigenvalue weighted by molar-refractivity contribution is -0.121. The minimum atomic E-state index is 0.114. The summed E-state index contributed by atoms with van der Waals surface area (Å²) in [5.74, 6) is 1.61. The molecule has 0 aliphatic rings. The van der Waals surface area contributed by atoms with Crippen molar-refractivity contribution in [1.82, 2.24) is 10.6 Å². The van der Waals surface area contributed by atoms with Crippen LogP contribution < -0.4 is 21.1 Å². The van der Waals surface area contributed by atoms with E-state index in [1.54, 1.807) is 0 Å². The van der Waals surface area contributed by atoms with Crippen molar-refractivity contribution in [3.63, 3.8) is 0 Å². The Morgan fingerprint density at radius 1 is 0.949 bits per heavy atom. The van der Waals surface area contributed by atoms with E-state index < -0.39 is 0 Å². The van der Waals surface area contributed by atoms with Gasteiger partial charge in [-0.15, -0.1) is 0 Å². The Morgan fingerprint density at radius 2 is 1.54 bits per heavy atom. The minimum Gasteiger partial charge on any atom is -0.493 e. The van der Waals surface area contributed by atoms with Crippen LogP contribution in [0.15, 0.2) is 54.6 Å². The highest BCUT2D eigenvalue weighted by Crippen LogP contribution is 2.18. The van der Waals surface area contributed by atoms with Crippen LogP contribution in [0.4, 0.5) is 0 Å². The summed E-state index contributed by atoms with van der Waals surface area (Å²) in [5, 5.41) is 6.26. The third-order valence-corrected chi connectivity index (χ3v) is 5.37. The topological polar surface area (TPSA) is 93.4 Å². The van der Waals surface area contributed by atoms with E-state index in [1.165, 1.54) is 19.9 Å². The number of carbonyl (C=O) groups excluding carboxylic acids is 2. The van der Waals surface area contributed by atoms with E-state index >= 15 is 0 Å². The lowest BCUT2D eigenvalue weighted by atomic mass is 10.1. The molecule has 0 saturated carbocycles. The number of rotatable bonds is 14. The number of nitrogens with two attached hydrogens (primary N) is 1. The number of ether oxygens (including phenoxy) is 1. The van der Waals surface area contributed by atoms with Crippen LogP contribution >= 0.6 is 0 Å². The number of hydrogen-bond acceptors (Lipinski definition) is 5. The summed E-state index contributed by atoms with van der Waals surface area (Å²) < 4.78 is 5.84. The van der Waals surface area contributed by atoms with E-state index in [1.807, 2.05) is 77.2 Å². The van der Waals surface area contributed by atoms with E-state index in [-0.39, 0.29) is 11.9 Å². The molecule has 1 unspecified atom stereocenters. The maximum absolute atomic E-state index is 11.8. The Morgan fingerprint density at radius 3 is 2.03 bits per heavy atom. The Bertz CT molecular complexity index is 768. The first-order valence-corrected chi connectivity index (χ1v) is 14.8. The molecule has 0 spiro atoms. The molecule has 2 aromatic rings. The second-order valence-electron chi connectivity index (χ2n) is 8.38. The third kappa shape index (κ3) is 22.9. The molecule has 0 fully saturated rings. The maximum atomic E-state index is 11.8. The molecule has 1 amide bonds. The summed E-state index contributed by atoms with van der Waals surface area (Å²) in [6.07, 6.45) is 6.42. The molecule has 0 radical (unpaired) electrons. The van der Waals surface area contributed by atoms with Crippen LogP contribution in [0, 0.1) is 5.92 Å². The molecule has 224 valence electrons. The maximum Gasteiger partial charge on any atom is 0.220 e. The van der Waals surface area contributed by atoms with Crippen molar-refractivity contribution in [2.24, 2.45) is 11.7 Å². The summed E-state index contributed by atoms with van der Waals surface area (Å²) in [7, 11) is 3.42. The van der Waals surface area contributed by atoms with Gasteiger partial charge in [-0.3, -0.25) is 4.79 Å². The first-order valence-electron chi connectivity index (χ1n) is 14.8. The summed E-state index contributed by atoms with van der Waals surface area (Å²) in [6, 6.07) is 17.9. The zero-order chi connectivity index (χ0) is 30.3. The van der Waals surface area contributed by atoms with E-state index in [0.29, 0.717) is 25.3 Å². The van der Waals surface area contributed by atoms with Crippen LogP contribution in [-0.4, -0.2) is 39.4 Å². The number of likely N-dealkylation sites (N-methyl/N-ethyl adjacent to an activating group) is 1. The SMILES string of the molecule is CC.CC.CCCCC(=O)NC[C@H](NC)c1ccc(OCC(C)CCC)cc1.CN.O=CCc1ccccc1. The molecule has 39 heavy (non-hydrogen) atoms. The van der Waals surface area contributed by atoms with Gasteiger partial charge in [-0.05, 0) is 56.1 Å². The Labute approximate surface area is 240 Å². The van der Waals surface area contributed by atoms with Crippen LogP contribution in [0.1, 0.15) is 97.7 Å². The third-order valence-electron chi connectivity index (χ3n) is 5.37. The largest absolute Gasteiger partial charge is 0.493 e. The van der Waals surface area contributed by atoms with Crippen LogP contribution in [0.3, 0.4) is 0 Å². The molecule has 6 heteroatoms. The van der Waals surface area contributed by atoms with Gasteiger partial charge in [-0.2, -0.15) is 0 Å². The molecule has 0 aromatic heterocycles. The predicted molar refractivity (Wildman–Crippen MR) is 169 cm³/mol. The molecule has 0 aliphatic carbocycles. The molecule has 6 nitrogen and oxygen atoms in total. The second-order valence-corrected chi connectivity index (χ2v) is 8.38. The quantitative estimate of drug-likeness (QED) is 0.220. The highest BCUT2D eigenvalue weighted by Gasteiger charge is 2.11. The van der Waals surface area contributed by atoms with Crippen LogP contribution in [0.25, 0.3) is 0 Å². The van der Waals surface area contributed by atoms with Gasteiger partial charge in [0.05, 0.1) is 6.61 Å². The number of hydrogen-bond donors (Lipinski definition) is 3. The van der Waals surface area contributed by atoms with Crippen molar-refractivity contribution in [1.29, 1.82) is 0 Å². The Hall–Kier alpha value is -2.70. The van der Waals surface area contributed by atoms with Crippen LogP contribution in [0.5, 0.6) is 5.75 Å². The summed E-state index contributed by atoms with van der Waals surface area (Å²) in [5.41, 5.74) is 6.73. The van der Waals surface area contributed by atoms with Crippen LogP contribution in [-0.2, 0) is 16.0 Å². The van der Waals surface area contributed by atoms with Gasteiger partial charge in [-0.1, -0.05) is 104 Å². The van der Waals surface area contributed by atoms with E-state index in [4.69, 9.17) is 4.74 Å². The number of carbonyl (C=O) groups is 2. The second kappa shape index (κ2) is 31.5. The molecule has 0 heterocycles. The van der Waals surface area contributed by atoms with Gasteiger partial charge in [0.2, 0.25) is 5.91 Å². The zero-order valence-electron chi connectivity index (χ0n) is 26.4. The molecular formula is C33H59N3O3. The molecule has 0 aliphatic heterocycles. The summed E-state index contributed by atoms with van der Waals surface area (Å²) in [6.45, 7) is 15.9. The van der Waals surface area contributed by atoms with Crippen molar-refractivity contribution < 1.29 is 14.3 Å². The molecule has 2 aromatic carbocycles. The zero-order valence-corrected chi connectivity index (χ0v) is 26.4. The molecule has 2 rings (SSSR count). The highest BCUT2D eigenvalue weighted by atomic mass is 16.5. The molecular weight excluding hydrogens is 486 g/mol. The fraction of sp³-hybridized carbons (Fsp3) is 0.576. The number of amides is 1. The van der Waals surface area contributed by atoms with E-state index in [2.05, 4.69) is 49.3 Å². The monoisotopic (exact) mass is 545 g/mol. The number of nitrogens with one attached hydrogen (secondary N) is 2. The first kappa shape index (κ1) is 40.8. The van der Waals surface area contributed by atoms with Gasteiger partial charge in [0.1, 0.15) is 12.0 Å². The van der Waals surface area contributed by atoms with Crippen molar-refractivity contribution in [3.8, 4) is 5.75 Å². The fourth-order valence-corrected chi connectivity index (χ4v) is 3.35. The normalized spacial score (nSPS) is 10.7. The number of unbranched alkanes of at least 4 members (excludes halogenated alkanes) is 1. The van der Waals surface area contributed by atoms with E-state index in [0.717, 1.165) is 42.6 Å². The van der Waals surface area contributed by atoms with Crippen molar-refractivity contribution in [2.45, 2.75) is 93.0 Å². The molecule has 0 bridgehead atoms. The molecule has 4 N–H and O–H groups in total.